The third kappa shape index (κ3) is 4.71. The Morgan fingerprint density at radius 1 is 0.970 bits per heavy atom. The molecule has 2 aromatic carbocycles. The number of aryl methyl sites for hydroxylation is 2. The number of carbonyl (C=O) groups excluding carboxylic acids is 1. The summed E-state index contributed by atoms with van der Waals surface area (Å²) >= 11 is 0. The molecule has 1 amide bonds. The summed E-state index contributed by atoms with van der Waals surface area (Å²) in [6.45, 7) is 0.964. The molecule has 0 bridgehead atoms. The lowest BCUT2D eigenvalue weighted by Crippen LogP contribution is -2.45. The standard InChI is InChI=1S/C26H31FN2O3S/c27-25-8-4-3-7-22(25)18-29(23-10-11-23)26(30)20-13-15-28(16-14-20)33(31,32)24-12-9-19-5-1-2-6-21(19)17-24/h3-4,7-9,12,17,20,23H,1-2,5-6,10-11,13-16,18H2. The van der Waals surface area contributed by atoms with E-state index in [1.165, 1.54) is 15.9 Å². The zero-order valence-electron chi connectivity index (χ0n) is 18.9. The average molecular weight is 471 g/mol. The van der Waals surface area contributed by atoms with Crippen molar-refractivity contribution in [3.05, 3.63) is 65.0 Å². The SMILES string of the molecule is O=C(C1CCN(S(=O)(=O)c2ccc3c(c2)CCCC3)CC1)N(Cc1ccccc1F)C1CC1. The molecular formula is C26H31FN2O3S. The van der Waals surface area contributed by atoms with E-state index in [9.17, 15) is 17.6 Å². The Labute approximate surface area is 195 Å². The highest BCUT2D eigenvalue weighted by molar-refractivity contribution is 7.89. The van der Waals surface area contributed by atoms with E-state index in [2.05, 4.69) is 0 Å². The van der Waals surface area contributed by atoms with Crippen LogP contribution >= 0.6 is 0 Å². The van der Waals surface area contributed by atoms with Crippen LogP contribution in [0, 0.1) is 11.7 Å². The van der Waals surface area contributed by atoms with Crippen molar-refractivity contribution in [1.29, 1.82) is 0 Å². The van der Waals surface area contributed by atoms with Gasteiger partial charge in [0.25, 0.3) is 0 Å². The second kappa shape index (κ2) is 9.18. The third-order valence-corrected chi connectivity index (χ3v) is 9.22. The molecule has 1 saturated heterocycles. The fourth-order valence-corrected chi connectivity index (χ4v) is 6.70. The molecular weight excluding hydrogens is 439 g/mol. The fraction of sp³-hybridized carbons (Fsp3) is 0.500. The second-order valence-electron chi connectivity index (χ2n) is 9.60. The predicted octanol–water partition coefficient (Wildman–Crippen LogP) is 4.30. The minimum atomic E-state index is -3.56. The minimum Gasteiger partial charge on any atom is -0.335 e. The number of amides is 1. The van der Waals surface area contributed by atoms with Crippen molar-refractivity contribution in [1.82, 2.24) is 9.21 Å². The molecule has 0 N–H and O–H groups in total. The Hall–Kier alpha value is -2.25. The molecule has 2 aromatic rings. The molecule has 3 aliphatic rings. The van der Waals surface area contributed by atoms with Crippen LogP contribution in [0.5, 0.6) is 0 Å². The molecule has 0 spiro atoms. The second-order valence-corrected chi connectivity index (χ2v) is 11.5. The van der Waals surface area contributed by atoms with E-state index >= 15 is 0 Å². The van der Waals surface area contributed by atoms with Gasteiger partial charge in [-0.2, -0.15) is 4.31 Å². The monoisotopic (exact) mass is 470 g/mol. The van der Waals surface area contributed by atoms with Gasteiger partial charge in [-0.15, -0.1) is 0 Å². The van der Waals surface area contributed by atoms with Crippen LogP contribution in [-0.4, -0.2) is 42.7 Å². The predicted molar refractivity (Wildman–Crippen MR) is 125 cm³/mol. The maximum atomic E-state index is 14.2. The van der Waals surface area contributed by atoms with Crippen molar-refractivity contribution in [3.8, 4) is 0 Å². The maximum absolute atomic E-state index is 14.2. The highest BCUT2D eigenvalue weighted by Gasteiger charge is 2.39. The van der Waals surface area contributed by atoms with Gasteiger partial charge in [0.2, 0.25) is 15.9 Å². The van der Waals surface area contributed by atoms with Crippen molar-refractivity contribution in [3.63, 3.8) is 0 Å². The lowest BCUT2D eigenvalue weighted by Gasteiger charge is -2.34. The Kier molecular flexibility index (Phi) is 6.27. The normalized spacial score (nSPS) is 19.8. The van der Waals surface area contributed by atoms with Crippen LogP contribution in [0.2, 0.25) is 0 Å². The molecule has 1 saturated carbocycles. The lowest BCUT2D eigenvalue weighted by atomic mass is 9.92. The van der Waals surface area contributed by atoms with Crippen LogP contribution in [-0.2, 0) is 34.2 Å². The summed E-state index contributed by atoms with van der Waals surface area (Å²) in [5.41, 5.74) is 2.95. The molecule has 0 radical (unpaired) electrons. The van der Waals surface area contributed by atoms with Gasteiger partial charge in [-0.25, -0.2) is 12.8 Å². The summed E-state index contributed by atoms with van der Waals surface area (Å²) in [5.74, 6) is -0.471. The topological polar surface area (TPSA) is 57.7 Å². The molecule has 0 atom stereocenters. The first kappa shape index (κ1) is 22.5. The Balaban J connectivity index is 1.25. The van der Waals surface area contributed by atoms with Crippen LogP contribution in [0.25, 0.3) is 0 Å². The largest absolute Gasteiger partial charge is 0.335 e. The van der Waals surface area contributed by atoms with Gasteiger partial charge in [-0.3, -0.25) is 4.79 Å². The van der Waals surface area contributed by atoms with Crippen LogP contribution < -0.4 is 0 Å². The van der Waals surface area contributed by atoms with Gasteiger partial charge in [0.1, 0.15) is 5.82 Å². The van der Waals surface area contributed by atoms with Gasteiger partial charge in [-0.1, -0.05) is 24.3 Å². The van der Waals surface area contributed by atoms with E-state index in [0.29, 0.717) is 36.4 Å². The Bertz CT molecular complexity index is 1140. The van der Waals surface area contributed by atoms with Crippen LogP contribution in [0.15, 0.2) is 47.4 Å². The van der Waals surface area contributed by atoms with Crippen molar-refractivity contribution < 1.29 is 17.6 Å². The molecule has 2 fully saturated rings. The summed E-state index contributed by atoms with van der Waals surface area (Å²) in [7, 11) is -3.56. The van der Waals surface area contributed by atoms with Crippen LogP contribution in [0.4, 0.5) is 4.39 Å². The van der Waals surface area contributed by atoms with Crippen molar-refractivity contribution in [2.75, 3.05) is 13.1 Å². The lowest BCUT2D eigenvalue weighted by molar-refractivity contribution is -0.138. The molecule has 0 unspecified atom stereocenters. The van der Waals surface area contributed by atoms with Crippen molar-refractivity contribution >= 4 is 15.9 Å². The molecule has 33 heavy (non-hydrogen) atoms. The van der Waals surface area contributed by atoms with E-state index in [4.69, 9.17) is 0 Å². The van der Waals surface area contributed by atoms with E-state index in [1.807, 2.05) is 17.0 Å². The number of benzene rings is 2. The number of halogens is 1. The summed E-state index contributed by atoms with van der Waals surface area (Å²) in [5, 5.41) is 0. The van der Waals surface area contributed by atoms with Crippen molar-refractivity contribution in [2.45, 2.75) is 68.8 Å². The average Bonchev–Trinajstić information content (AvgIpc) is 3.68. The van der Waals surface area contributed by atoms with Gasteiger partial charge in [0.05, 0.1) is 4.90 Å². The minimum absolute atomic E-state index is 0.0339. The zero-order chi connectivity index (χ0) is 23.0. The highest BCUT2D eigenvalue weighted by atomic mass is 32.2. The van der Waals surface area contributed by atoms with Crippen LogP contribution in [0.3, 0.4) is 0 Å². The number of hydrogen-bond acceptors (Lipinski definition) is 3. The molecule has 2 aliphatic carbocycles. The number of nitrogens with zero attached hydrogens (tertiary/aromatic N) is 2. The maximum Gasteiger partial charge on any atom is 0.243 e. The molecule has 176 valence electrons. The molecule has 5 nitrogen and oxygen atoms in total. The summed E-state index contributed by atoms with van der Waals surface area (Å²) in [6, 6.07) is 12.3. The number of fused-ring (bicyclic) bond motifs is 1. The summed E-state index contributed by atoms with van der Waals surface area (Å²) in [6.07, 6.45) is 7.14. The molecule has 7 heteroatoms. The molecule has 5 rings (SSSR count). The Morgan fingerprint density at radius 2 is 1.67 bits per heavy atom. The van der Waals surface area contributed by atoms with Gasteiger partial charge in [-0.05, 0) is 80.7 Å². The van der Waals surface area contributed by atoms with E-state index in [1.54, 1.807) is 24.3 Å². The molecule has 0 aromatic heterocycles. The van der Waals surface area contributed by atoms with E-state index < -0.39 is 10.0 Å². The number of carbonyl (C=O) groups is 1. The number of hydrogen-bond donors (Lipinski definition) is 0. The van der Waals surface area contributed by atoms with Crippen LogP contribution in [0.1, 0.15) is 55.2 Å². The first-order chi connectivity index (χ1) is 15.9. The first-order valence-electron chi connectivity index (χ1n) is 12.1. The molecule has 1 aliphatic heterocycles. The van der Waals surface area contributed by atoms with E-state index in [-0.39, 0.29) is 30.2 Å². The van der Waals surface area contributed by atoms with Crippen molar-refractivity contribution in [2.24, 2.45) is 5.92 Å². The number of sulfonamides is 1. The van der Waals surface area contributed by atoms with E-state index in [0.717, 1.165) is 44.1 Å². The fourth-order valence-electron chi connectivity index (χ4n) is 5.18. The van der Waals surface area contributed by atoms with Gasteiger partial charge >= 0.3 is 0 Å². The van der Waals surface area contributed by atoms with Gasteiger partial charge in [0, 0.05) is 37.2 Å². The van der Waals surface area contributed by atoms with Gasteiger partial charge in [0.15, 0.2) is 0 Å². The first-order valence-corrected chi connectivity index (χ1v) is 13.5. The number of piperidine rings is 1. The quantitative estimate of drug-likeness (QED) is 0.633. The summed E-state index contributed by atoms with van der Waals surface area (Å²) in [4.78, 5) is 15.5. The molecule has 1 heterocycles. The number of rotatable bonds is 6. The summed E-state index contributed by atoms with van der Waals surface area (Å²) < 4.78 is 42.2. The third-order valence-electron chi connectivity index (χ3n) is 7.33. The van der Waals surface area contributed by atoms with Gasteiger partial charge < -0.3 is 4.90 Å². The highest BCUT2D eigenvalue weighted by Crippen LogP contribution is 2.33. The zero-order valence-corrected chi connectivity index (χ0v) is 19.7. The Morgan fingerprint density at radius 3 is 2.36 bits per heavy atom. The smallest absolute Gasteiger partial charge is 0.243 e.